The van der Waals surface area contributed by atoms with Crippen LogP contribution < -0.4 is 5.32 Å². The summed E-state index contributed by atoms with van der Waals surface area (Å²) in [6, 6.07) is 7.28. The standard InChI is InChI=1S/C15H26N2O2S/c1-12(2)9-10-17(5)20(18,19)15-8-6-7-14(11-15)13(3)16-4/h6-8,11-13,16H,9-10H2,1-5H3. The minimum absolute atomic E-state index is 0.131. The molecule has 0 saturated heterocycles. The van der Waals surface area contributed by atoms with Crippen LogP contribution in [0.1, 0.15) is 38.8 Å². The van der Waals surface area contributed by atoms with Crippen molar-refractivity contribution in [3.05, 3.63) is 29.8 Å². The quantitative estimate of drug-likeness (QED) is 0.842. The lowest BCUT2D eigenvalue weighted by Gasteiger charge is -2.19. The number of benzene rings is 1. The maximum absolute atomic E-state index is 12.5. The molecule has 0 heterocycles. The molecule has 1 N–H and O–H groups in total. The number of nitrogens with zero attached hydrogens (tertiary/aromatic N) is 1. The van der Waals surface area contributed by atoms with Crippen molar-refractivity contribution in [1.82, 2.24) is 9.62 Å². The van der Waals surface area contributed by atoms with Gasteiger partial charge in [-0.15, -0.1) is 0 Å². The molecule has 0 spiro atoms. The molecule has 0 amide bonds. The molecule has 0 saturated carbocycles. The zero-order valence-corrected chi connectivity index (χ0v) is 13.9. The van der Waals surface area contributed by atoms with Crippen molar-refractivity contribution in [2.45, 2.75) is 38.1 Å². The predicted octanol–water partition coefficient (Wildman–Crippen LogP) is 2.63. The fourth-order valence-corrected chi connectivity index (χ4v) is 3.09. The molecule has 0 aliphatic rings. The Kier molecular flexibility index (Phi) is 6.17. The largest absolute Gasteiger partial charge is 0.313 e. The molecular formula is C15H26N2O2S. The zero-order chi connectivity index (χ0) is 15.3. The third-order valence-electron chi connectivity index (χ3n) is 3.52. The summed E-state index contributed by atoms with van der Waals surface area (Å²) in [5.74, 6) is 0.489. The number of nitrogens with one attached hydrogen (secondary N) is 1. The Morgan fingerprint density at radius 1 is 1.25 bits per heavy atom. The van der Waals surface area contributed by atoms with Crippen LogP contribution in [0.25, 0.3) is 0 Å². The molecule has 1 aromatic rings. The van der Waals surface area contributed by atoms with Gasteiger partial charge in [-0.3, -0.25) is 0 Å². The summed E-state index contributed by atoms with van der Waals surface area (Å²) in [7, 11) is 0.113. The normalized spacial score (nSPS) is 13.9. The topological polar surface area (TPSA) is 49.4 Å². The van der Waals surface area contributed by atoms with Crippen LogP contribution in [0, 0.1) is 5.92 Å². The van der Waals surface area contributed by atoms with E-state index in [2.05, 4.69) is 19.2 Å². The Morgan fingerprint density at radius 3 is 2.45 bits per heavy atom. The van der Waals surface area contributed by atoms with E-state index in [0.717, 1.165) is 12.0 Å². The van der Waals surface area contributed by atoms with E-state index in [1.54, 1.807) is 25.2 Å². The van der Waals surface area contributed by atoms with Crippen molar-refractivity contribution in [2.24, 2.45) is 5.92 Å². The Bertz CT molecular complexity index is 526. The maximum Gasteiger partial charge on any atom is 0.242 e. The zero-order valence-electron chi connectivity index (χ0n) is 13.1. The lowest BCUT2D eigenvalue weighted by Crippen LogP contribution is -2.29. The Balaban J connectivity index is 2.97. The predicted molar refractivity (Wildman–Crippen MR) is 83.2 cm³/mol. The van der Waals surface area contributed by atoms with Crippen molar-refractivity contribution in [3.8, 4) is 0 Å². The van der Waals surface area contributed by atoms with E-state index >= 15 is 0 Å². The van der Waals surface area contributed by atoms with Gasteiger partial charge >= 0.3 is 0 Å². The van der Waals surface area contributed by atoms with Gasteiger partial charge in [-0.25, -0.2) is 12.7 Å². The van der Waals surface area contributed by atoms with Gasteiger partial charge in [0.2, 0.25) is 10.0 Å². The van der Waals surface area contributed by atoms with Gasteiger partial charge in [0.15, 0.2) is 0 Å². The summed E-state index contributed by atoms with van der Waals surface area (Å²) in [5.41, 5.74) is 0.978. The fourth-order valence-electron chi connectivity index (χ4n) is 1.85. The summed E-state index contributed by atoms with van der Waals surface area (Å²) < 4.78 is 26.5. The molecule has 0 aliphatic heterocycles. The maximum atomic E-state index is 12.5. The van der Waals surface area contributed by atoms with Crippen molar-refractivity contribution in [2.75, 3.05) is 20.6 Å². The molecule has 0 fully saturated rings. The van der Waals surface area contributed by atoms with Gasteiger partial charge in [0, 0.05) is 19.6 Å². The molecule has 114 valence electrons. The SMILES string of the molecule is CNC(C)c1cccc(S(=O)(=O)N(C)CCC(C)C)c1. The number of hydrogen-bond acceptors (Lipinski definition) is 3. The van der Waals surface area contributed by atoms with Gasteiger partial charge in [0.05, 0.1) is 4.90 Å². The second-order valence-electron chi connectivity index (χ2n) is 5.59. The van der Waals surface area contributed by atoms with Gasteiger partial charge in [0.1, 0.15) is 0 Å². The average Bonchev–Trinajstić information content (AvgIpc) is 2.43. The monoisotopic (exact) mass is 298 g/mol. The summed E-state index contributed by atoms with van der Waals surface area (Å²) in [6.45, 7) is 6.74. The van der Waals surface area contributed by atoms with E-state index in [9.17, 15) is 8.42 Å². The lowest BCUT2D eigenvalue weighted by molar-refractivity contribution is 0.428. The van der Waals surface area contributed by atoms with Crippen molar-refractivity contribution in [1.29, 1.82) is 0 Å². The molecule has 1 atom stereocenters. The van der Waals surface area contributed by atoms with E-state index in [-0.39, 0.29) is 6.04 Å². The highest BCUT2D eigenvalue weighted by atomic mass is 32.2. The Morgan fingerprint density at radius 2 is 1.90 bits per heavy atom. The van der Waals surface area contributed by atoms with E-state index in [4.69, 9.17) is 0 Å². The van der Waals surface area contributed by atoms with Gasteiger partial charge < -0.3 is 5.32 Å². The minimum atomic E-state index is -3.39. The highest BCUT2D eigenvalue weighted by Crippen LogP contribution is 2.20. The summed E-state index contributed by atoms with van der Waals surface area (Å²) in [5, 5.41) is 3.12. The van der Waals surface area contributed by atoms with Crippen molar-refractivity contribution >= 4 is 10.0 Å². The van der Waals surface area contributed by atoms with Crippen molar-refractivity contribution < 1.29 is 8.42 Å². The Hall–Kier alpha value is -0.910. The van der Waals surface area contributed by atoms with Crippen LogP contribution in [0.4, 0.5) is 0 Å². The van der Waals surface area contributed by atoms with E-state index in [1.807, 2.05) is 20.0 Å². The molecule has 1 rings (SSSR count). The van der Waals surface area contributed by atoms with Crippen LogP contribution in [-0.4, -0.2) is 33.4 Å². The smallest absolute Gasteiger partial charge is 0.242 e. The number of sulfonamides is 1. The second kappa shape index (κ2) is 7.20. The summed E-state index contributed by atoms with van der Waals surface area (Å²) in [6.07, 6.45) is 0.863. The molecule has 1 aromatic carbocycles. The van der Waals surface area contributed by atoms with Crippen LogP contribution in [0.3, 0.4) is 0 Å². The lowest BCUT2D eigenvalue weighted by atomic mass is 10.1. The van der Waals surface area contributed by atoms with E-state index < -0.39 is 10.0 Å². The molecule has 1 unspecified atom stereocenters. The molecule has 0 bridgehead atoms. The molecule has 0 aromatic heterocycles. The molecular weight excluding hydrogens is 272 g/mol. The first-order chi connectivity index (χ1) is 9.28. The number of rotatable bonds is 7. The van der Waals surface area contributed by atoms with Gasteiger partial charge in [0.25, 0.3) is 0 Å². The third-order valence-corrected chi connectivity index (χ3v) is 5.37. The van der Waals surface area contributed by atoms with E-state index in [1.165, 1.54) is 4.31 Å². The first kappa shape index (κ1) is 17.1. The fraction of sp³-hybridized carbons (Fsp3) is 0.600. The van der Waals surface area contributed by atoms with Crippen LogP contribution in [0.5, 0.6) is 0 Å². The molecule has 4 nitrogen and oxygen atoms in total. The Labute approximate surface area is 123 Å². The minimum Gasteiger partial charge on any atom is -0.313 e. The van der Waals surface area contributed by atoms with E-state index in [0.29, 0.717) is 17.4 Å². The van der Waals surface area contributed by atoms with Gasteiger partial charge in [-0.1, -0.05) is 26.0 Å². The van der Waals surface area contributed by atoms with Crippen LogP contribution in [-0.2, 0) is 10.0 Å². The highest BCUT2D eigenvalue weighted by Gasteiger charge is 2.21. The van der Waals surface area contributed by atoms with Gasteiger partial charge in [-0.05, 0) is 44.0 Å². The van der Waals surface area contributed by atoms with Gasteiger partial charge in [-0.2, -0.15) is 0 Å². The van der Waals surface area contributed by atoms with Crippen LogP contribution in [0.2, 0.25) is 0 Å². The number of hydrogen-bond donors (Lipinski definition) is 1. The van der Waals surface area contributed by atoms with Crippen molar-refractivity contribution in [3.63, 3.8) is 0 Å². The molecule has 0 aliphatic carbocycles. The molecule has 0 radical (unpaired) electrons. The molecule has 5 heteroatoms. The third kappa shape index (κ3) is 4.30. The van der Waals surface area contributed by atoms with Crippen LogP contribution in [0.15, 0.2) is 29.2 Å². The highest BCUT2D eigenvalue weighted by molar-refractivity contribution is 7.89. The average molecular weight is 298 g/mol. The summed E-state index contributed by atoms with van der Waals surface area (Å²) >= 11 is 0. The second-order valence-corrected chi connectivity index (χ2v) is 7.64. The summed E-state index contributed by atoms with van der Waals surface area (Å²) in [4.78, 5) is 0.364. The molecule has 20 heavy (non-hydrogen) atoms. The van der Waals surface area contributed by atoms with Crippen LogP contribution >= 0.6 is 0 Å². The first-order valence-corrected chi connectivity index (χ1v) is 8.46. The first-order valence-electron chi connectivity index (χ1n) is 7.02.